The number of rotatable bonds is 7. The van der Waals surface area contributed by atoms with Gasteiger partial charge < -0.3 is 20.2 Å². The summed E-state index contributed by atoms with van der Waals surface area (Å²) < 4.78 is 0. The molecule has 6 heteroatoms. The number of nitrogens with one attached hydrogen (secondary N) is 1. The maximum atomic E-state index is 11.8. The van der Waals surface area contributed by atoms with Crippen LogP contribution in [0.3, 0.4) is 0 Å². The fourth-order valence-corrected chi connectivity index (χ4v) is 1.38. The van der Waals surface area contributed by atoms with Gasteiger partial charge in [0.15, 0.2) is 0 Å². The van der Waals surface area contributed by atoms with Crippen LogP contribution >= 0.6 is 0 Å². The SMILES string of the molecule is CCN(CC)CCNC(=O)N(C)C(C)(C)C(=O)O. The normalized spacial score (nSPS) is 11.4. The summed E-state index contributed by atoms with van der Waals surface area (Å²) in [6.45, 7) is 10.3. The molecule has 2 N–H and O–H groups in total. The van der Waals surface area contributed by atoms with Gasteiger partial charge in [0, 0.05) is 20.1 Å². The molecule has 0 aromatic carbocycles. The van der Waals surface area contributed by atoms with Crippen molar-refractivity contribution in [3.63, 3.8) is 0 Å². The molecule has 0 fully saturated rings. The van der Waals surface area contributed by atoms with E-state index in [4.69, 9.17) is 5.11 Å². The number of carbonyl (C=O) groups excluding carboxylic acids is 1. The van der Waals surface area contributed by atoms with Gasteiger partial charge in [0.2, 0.25) is 0 Å². The second-order valence-electron chi connectivity index (χ2n) is 4.68. The highest BCUT2D eigenvalue weighted by Crippen LogP contribution is 2.12. The number of carbonyl (C=O) groups is 2. The number of aliphatic carboxylic acids is 1. The van der Waals surface area contributed by atoms with Gasteiger partial charge >= 0.3 is 12.0 Å². The zero-order valence-electron chi connectivity index (χ0n) is 12.0. The number of hydrogen-bond acceptors (Lipinski definition) is 3. The van der Waals surface area contributed by atoms with Gasteiger partial charge in [-0.2, -0.15) is 0 Å². The second-order valence-corrected chi connectivity index (χ2v) is 4.68. The van der Waals surface area contributed by atoms with E-state index in [1.54, 1.807) is 0 Å². The van der Waals surface area contributed by atoms with Gasteiger partial charge in [-0.05, 0) is 26.9 Å². The Morgan fingerprint density at radius 1 is 1.22 bits per heavy atom. The van der Waals surface area contributed by atoms with E-state index in [1.807, 2.05) is 0 Å². The van der Waals surface area contributed by atoms with E-state index in [0.717, 1.165) is 19.6 Å². The average Bonchev–Trinajstić information content (AvgIpc) is 2.33. The average molecular weight is 259 g/mol. The molecule has 18 heavy (non-hydrogen) atoms. The van der Waals surface area contributed by atoms with Crippen LogP contribution in [-0.2, 0) is 4.79 Å². The zero-order chi connectivity index (χ0) is 14.3. The number of carboxylic acids is 1. The summed E-state index contributed by atoms with van der Waals surface area (Å²) in [5.41, 5.74) is -1.21. The molecular formula is C12H25N3O3. The lowest BCUT2D eigenvalue weighted by molar-refractivity contribution is -0.146. The largest absolute Gasteiger partial charge is 0.480 e. The van der Waals surface area contributed by atoms with E-state index in [2.05, 4.69) is 24.1 Å². The Balaban J connectivity index is 4.22. The van der Waals surface area contributed by atoms with Crippen molar-refractivity contribution >= 4 is 12.0 Å². The van der Waals surface area contributed by atoms with Crippen molar-refractivity contribution in [3.8, 4) is 0 Å². The van der Waals surface area contributed by atoms with Crippen molar-refractivity contribution in [2.45, 2.75) is 33.2 Å². The lowest BCUT2D eigenvalue weighted by Gasteiger charge is -2.31. The highest BCUT2D eigenvalue weighted by molar-refractivity contribution is 5.85. The highest BCUT2D eigenvalue weighted by atomic mass is 16.4. The molecule has 0 saturated heterocycles. The van der Waals surface area contributed by atoms with Crippen molar-refractivity contribution in [1.29, 1.82) is 0 Å². The Bertz CT molecular complexity index is 288. The van der Waals surface area contributed by atoms with Gasteiger partial charge in [-0.15, -0.1) is 0 Å². The summed E-state index contributed by atoms with van der Waals surface area (Å²) in [5.74, 6) is -1.02. The first kappa shape index (κ1) is 16.7. The maximum absolute atomic E-state index is 11.8. The molecule has 0 unspecified atom stereocenters. The topological polar surface area (TPSA) is 72.9 Å². The van der Waals surface area contributed by atoms with Crippen LogP contribution in [0.4, 0.5) is 4.79 Å². The molecule has 2 amide bonds. The lowest BCUT2D eigenvalue weighted by Crippen LogP contribution is -2.54. The van der Waals surface area contributed by atoms with Crippen LogP contribution in [0.15, 0.2) is 0 Å². The van der Waals surface area contributed by atoms with Gasteiger partial charge in [0.25, 0.3) is 0 Å². The van der Waals surface area contributed by atoms with Crippen molar-refractivity contribution in [2.24, 2.45) is 0 Å². The molecule has 0 aromatic rings. The number of carboxylic acid groups (broad SMARTS) is 1. The van der Waals surface area contributed by atoms with Crippen LogP contribution in [0.1, 0.15) is 27.7 Å². The molecule has 0 aliphatic carbocycles. The van der Waals surface area contributed by atoms with Crippen molar-refractivity contribution in [3.05, 3.63) is 0 Å². The number of urea groups is 1. The van der Waals surface area contributed by atoms with E-state index in [0.29, 0.717) is 6.54 Å². The molecule has 0 atom stereocenters. The molecular weight excluding hydrogens is 234 g/mol. The standard InChI is InChI=1S/C12H25N3O3/c1-6-15(7-2)9-8-13-11(18)14(5)12(3,4)10(16)17/h6-9H2,1-5H3,(H,13,18)(H,16,17). The van der Waals surface area contributed by atoms with E-state index in [9.17, 15) is 9.59 Å². The highest BCUT2D eigenvalue weighted by Gasteiger charge is 2.35. The second kappa shape index (κ2) is 7.20. The first-order valence-electron chi connectivity index (χ1n) is 6.24. The third-order valence-corrected chi connectivity index (χ3v) is 3.27. The van der Waals surface area contributed by atoms with Crippen LogP contribution < -0.4 is 5.32 Å². The Labute approximate surface area is 109 Å². The molecule has 6 nitrogen and oxygen atoms in total. The molecule has 0 aliphatic heterocycles. The van der Waals surface area contributed by atoms with Crippen molar-refractivity contribution in [2.75, 3.05) is 33.2 Å². The minimum Gasteiger partial charge on any atom is -0.480 e. The predicted molar refractivity (Wildman–Crippen MR) is 70.7 cm³/mol. The Morgan fingerprint density at radius 3 is 2.11 bits per heavy atom. The Kier molecular flexibility index (Phi) is 6.68. The molecule has 106 valence electrons. The summed E-state index contributed by atoms with van der Waals surface area (Å²) in [7, 11) is 1.49. The molecule has 0 aliphatic rings. The molecule has 0 heterocycles. The van der Waals surface area contributed by atoms with Crippen LogP contribution in [-0.4, -0.2) is 65.7 Å². The number of amides is 2. The Hall–Kier alpha value is -1.30. The van der Waals surface area contributed by atoms with Crippen LogP contribution in [0.25, 0.3) is 0 Å². The minimum atomic E-state index is -1.21. The fraction of sp³-hybridized carbons (Fsp3) is 0.833. The summed E-state index contributed by atoms with van der Waals surface area (Å²) in [4.78, 5) is 26.2. The summed E-state index contributed by atoms with van der Waals surface area (Å²) in [6.07, 6.45) is 0. The number of nitrogens with zero attached hydrogens (tertiary/aromatic N) is 2. The first-order valence-corrected chi connectivity index (χ1v) is 6.24. The van der Waals surface area contributed by atoms with Crippen molar-refractivity contribution < 1.29 is 14.7 Å². The molecule has 0 bridgehead atoms. The lowest BCUT2D eigenvalue weighted by atomic mass is 10.1. The fourth-order valence-electron chi connectivity index (χ4n) is 1.38. The summed E-state index contributed by atoms with van der Waals surface area (Å²) in [6, 6.07) is -0.366. The maximum Gasteiger partial charge on any atom is 0.329 e. The van der Waals surface area contributed by atoms with Gasteiger partial charge in [-0.3, -0.25) is 0 Å². The van der Waals surface area contributed by atoms with Crippen LogP contribution in [0.5, 0.6) is 0 Å². The van der Waals surface area contributed by atoms with E-state index < -0.39 is 11.5 Å². The number of likely N-dealkylation sites (N-methyl/N-ethyl adjacent to an activating group) is 2. The first-order chi connectivity index (χ1) is 8.27. The van der Waals surface area contributed by atoms with Crippen LogP contribution in [0.2, 0.25) is 0 Å². The monoisotopic (exact) mass is 259 g/mol. The quantitative estimate of drug-likeness (QED) is 0.710. The van der Waals surface area contributed by atoms with E-state index in [-0.39, 0.29) is 6.03 Å². The third-order valence-electron chi connectivity index (χ3n) is 3.27. The summed E-state index contributed by atoms with van der Waals surface area (Å²) in [5, 5.41) is 11.7. The van der Waals surface area contributed by atoms with E-state index in [1.165, 1.54) is 25.8 Å². The third kappa shape index (κ3) is 4.52. The number of hydrogen-bond donors (Lipinski definition) is 2. The minimum absolute atomic E-state index is 0.366. The molecule has 0 spiro atoms. The van der Waals surface area contributed by atoms with Crippen molar-refractivity contribution in [1.82, 2.24) is 15.1 Å². The van der Waals surface area contributed by atoms with Crippen LogP contribution in [0, 0.1) is 0 Å². The molecule has 0 rings (SSSR count). The van der Waals surface area contributed by atoms with E-state index >= 15 is 0 Å². The van der Waals surface area contributed by atoms with Gasteiger partial charge in [0.1, 0.15) is 5.54 Å². The Morgan fingerprint density at radius 2 is 1.72 bits per heavy atom. The molecule has 0 radical (unpaired) electrons. The predicted octanol–water partition coefficient (Wildman–Crippen LogP) is 0.833. The summed E-state index contributed by atoms with van der Waals surface area (Å²) >= 11 is 0. The molecule has 0 aromatic heterocycles. The van der Waals surface area contributed by atoms with Gasteiger partial charge in [-0.25, -0.2) is 9.59 Å². The molecule has 0 saturated carbocycles. The zero-order valence-corrected chi connectivity index (χ0v) is 12.0. The smallest absolute Gasteiger partial charge is 0.329 e. The van der Waals surface area contributed by atoms with Gasteiger partial charge in [0.05, 0.1) is 0 Å². The van der Waals surface area contributed by atoms with Gasteiger partial charge in [-0.1, -0.05) is 13.8 Å².